The molecule has 94 valence electrons. The lowest BCUT2D eigenvalue weighted by Crippen LogP contribution is -1.98. The summed E-state index contributed by atoms with van der Waals surface area (Å²) in [6, 6.07) is 10.8. The molecule has 1 atom stereocenters. The van der Waals surface area contributed by atoms with E-state index in [0.717, 1.165) is 16.7 Å². The van der Waals surface area contributed by atoms with Gasteiger partial charge in [0.25, 0.3) is 0 Å². The Morgan fingerprint density at radius 2 is 1.78 bits per heavy atom. The summed E-state index contributed by atoms with van der Waals surface area (Å²) in [7, 11) is 0. The van der Waals surface area contributed by atoms with Crippen molar-refractivity contribution in [3.05, 3.63) is 68.9 Å². The van der Waals surface area contributed by atoms with Crippen LogP contribution in [0, 0.1) is 19.7 Å². The molecule has 0 bridgehead atoms. The van der Waals surface area contributed by atoms with Gasteiger partial charge in [0.05, 0.1) is 5.38 Å². The van der Waals surface area contributed by atoms with Crippen molar-refractivity contribution in [1.29, 1.82) is 0 Å². The van der Waals surface area contributed by atoms with Gasteiger partial charge in [-0.05, 0) is 42.7 Å². The second-order valence-electron chi connectivity index (χ2n) is 4.39. The molecule has 0 spiro atoms. The van der Waals surface area contributed by atoms with Crippen LogP contribution in [0.1, 0.15) is 27.6 Å². The first-order valence-electron chi connectivity index (χ1n) is 5.65. The Balaban J connectivity index is 2.47. The van der Waals surface area contributed by atoms with Crippen molar-refractivity contribution >= 4 is 27.5 Å². The maximum absolute atomic E-state index is 13.1. The van der Waals surface area contributed by atoms with E-state index < -0.39 is 0 Å². The molecule has 0 fully saturated rings. The third-order valence-electron chi connectivity index (χ3n) is 2.94. The highest BCUT2D eigenvalue weighted by Crippen LogP contribution is 2.35. The maximum Gasteiger partial charge on any atom is 0.124 e. The van der Waals surface area contributed by atoms with Crippen LogP contribution in [0.15, 0.2) is 40.9 Å². The molecule has 0 aliphatic heterocycles. The summed E-state index contributed by atoms with van der Waals surface area (Å²) in [6.07, 6.45) is 0. The molecule has 1 unspecified atom stereocenters. The molecule has 0 heterocycles. The first-order chi connectivity index (χ1) is 8.49. The smallest absolute Gasteiger partial charge is 0.124 e. The van der Waals surface area contributed by atoms with Gasteiger partial charge in [-0.3, -0.25) is 0 Å². The summed E-state index contributed by atoms with van der Waals surface area (Å²) in [5, 5.41) is -0.278. The summed E-state index contributed by atoms with van der Waals surface area (Å²) in [6.45, 7) is 4.06. The van der Waals surface area contributed by atoms with E-state index in [9.17, 15) is 4.39 Å². The van der Waals surface area contributed by atoms with Gasteiger partial charge in [0.2, 0.25) is 0 Å². The van der Waals surface area contributed by atoms with E-state index >= 15 is 0 Å². The summed E-state index contributed by atoms with van der Waals surface area (Å²) in [4.78, 5) is 0. The van der Waals surface area contributed by atoms with E-state index in [1.807, 2.05) is 13.8 Å². The van der Waals surface area contributed by atoms with Gasteiger partial charge in [-0.25, -0.2) is 4.39 Å². The van der Waals surface area contributed by atoms with Crippen molar-refractivity contribution in [3.8, 4) is 0 Å². The van der Waals surface area contributed by atoms with Gasteiger partial charge in [-0.1, -0.05) is 45.8 Å². The van der Waals surface area contributed by atoms with Crippen molar-refractivity contribution in [2.24, 2.45) is 0 Å². The Bertz CT molecular complexity index is 581. The normalized spacial score (nSPS) is 12.5. The van der Waals surface area contributed by atoms with Crippen LogP contribution in [-0.2, 0) is 0 Å². The minimum Gasteiger partial charge on any atom is -0.207 e. The van der Waals surface area contributed by atoms with Crippen LogP contribution in [0.2, 0.25) is 0 Å². The Labute approximate surface area is 120 Å². The van der Waals surface area contributed by atoms with Crippen molar-refractivity contribution in [2.45, 2.75) is 19.2 Å². The van der Waals surface area contributed by atoms with Gasteiger partial charge < -0.3 is 0 Å². The highest BCUT2D eigenvalue weighted by atomic mass is 79.9. The minimum atomic E-state index is -0.278. The molecule has 0 N–H and O–H groups in total. The van der Waals surface area contributed by atoms with Gasteiger partial charge in [0.15, 0.2) is 0 Å². The molecule has 0 saturated heterocycles. The number of aryl methyl sites for hydroxylation is 2. The SMILES string of the molecule is Cc1ccc(C)c(C(Cl)c2ccc(F)cc2Br)c1. The summed E-state index contributed by atoms with van der Waals surface area (Å²) in [5.41, 5.74) is 4.24. The highest BCUT2D eigenvalue weighted by Gasteiger charge is 2.16. The molecule has 2 aromatic carbocycles. The average molecular weight is 328 g/mol. The lowest BCUT2D eigenvalue weighted by Gasteiger charge is -2.15. The third-order valence-corrected chi connectivity index (χ3v) is 4.10. The lowest BCUT2D eigenvalue weighted by molar-refractivity contribution is 0.626. The Hall–Kier alpha value is -0.860. The number of hydrogen-bond acceptors (Lipinski definition) is 0. The van der Waals surface area contributed by atoms with E-state index in [0.29, 0.717) is 4.47 Å². The number of hydrogen-bond donors (Lipinski definition) is 0. The molecule has 0 saturated carbocycles. The van der Waals surface area contributed by atoms with Gasteiger partial charge in [-0.15, -0.1) is 11.6 Å². The number of rotatable bonds is 2. The van der Waals surface area contributed by atoms with Crippen LogP contribution >= 0.6 is 27.5 Å². The molecule has 3 heteroatoms. The molecule has 0 aliphatic carbocycles. The fourth-order valence-corrected chi connectivity index (χ4v) is 3.04. The van der Waals surface area contributed by atoms with Crippen LogP contribution < -0.4 is 0 Å². The Kier molecular flexibility index (Phi) is 4.08. The van der Waals surface area contributed by atoms with Crippen LogP contribution in [0.3, 0.4) is 0 Å². The van der Waals surface area contributed by atoms with E-state index in [1.54, 1.807) is 6.07 Å². The fraction of sp³-hybridized carbons (Fsp3) is 0.200. The molecule has 18 heavy (non-hydrogen) atoms. The maximum atomic E-state index is 13.1. The van der Waals surface area contributed by atoms with Crippen LogP contribution in [0.4, 0.5) is 4.39 Å². The Morgan fingerprint density at radius 3 is 2.44 bits per heavy atom. The van der Waals surface area contributed by atoms with E-state index in [2.05, 4.69) is 34.1 Å². The summed E-state index contributed by atoms with van der Waals surface area (Å²) in [5.74, 6) is -0.268. The minimum absolute atomic E-state index is 0.268. The molecule has 0 aromatic heterocycles. The van der Waals surface area contributed by atoms with Crippen molar-refractivity contribution in [1.82, 2.24) is 0 Å². The first-order valence-corrected chi connectivity index (χ1v) is 6.88. The van der Waals surface area contributed by atoms with E-state index in [-0.39, 0.29) is 11.2 Å². The Morgan fingerprint density at radius 1 is 1.06 bits per heavy atom. The zero-order chi connectivity index (χ0) is 13.3. The second kappa shape index (κ2) is 5.41. The highest BCUT2D eigenvalue weighted by molar-refractivity contribution is 9.10. The van der Waals surface area contributed by atoms with Crippen LogP contribution in [0.25, 0.3) is 0 Å². The van der Waals surface area contributed by atoms with Gasteiger partial charge >= 0.3 is 0 Å². The molecule has 2 rings (SSSR count). The first kappa shape index (κ1) is 13.6. The summed E-state index contributed by atoms with van der Waals surface area (Å²) < 4.78 is 13.8. The number of halogens is 3. The fourth-order valence-electron chi connectivity index (χ4n) is 1.91. The average Bonchev–Trinajstić information content (AvgIpc) is 2.31. The molecule has 0 amide bonds. The van der Waals surface area contributed by atoms with Crippen LogP contribution in [-0.4, -0.2) is 0 Å². The molecule has 0 nitrogen and oxygen atoms in total. The topological polar surface area (TPSA) is 0 Å². The van der Waals surface area contributed by atoms with Gasteiger partial charge in [-0.2, -0.15) is 0 Å². The molecule has 0 radical (unpaired) electrons. The molecule has 2 aromatic rings. The predicted octanol–water partition coefficient (Wildman–Crippen LogP) is 5.53. The second-order valence-corrected chi connectivity index (χ2v) is 5.68. The third kappa shape index (κ3) is 2.76. The van der Waals surface area contributed by atoms with Gasteiger partial charge in [0, 0.05) is 4.47 Å². The van der Waals surface area contributed by atoms with Gasteiger partial charge in [0.1, 0.15) is 5.82 Å². The van der Waals surface area contributed by atoms with Crippen molar-refractivity contribution in [2.75, 3.05) is 0 Å². The van der Waals surface area contributed by atoms with E-state index in [4.69, 9.17) is 11.6 Å². The largest absolute Gasteiger partial charge is 0.207 e. The zero-order valence-corrected chi connectivity index (χ0v) is 12.5. The monoisotopic (exact) mass is 326 g/mol. The molecule has 0 aliphatic rings. The number of alkyl halides is 1. The standard InChI is InChI=1S/C15H13BrClF/c1-9-3-4-10(2)13(7-9)15(17)12-6-5-11(18)8-14(12)16/h3-8,15H,1-2H3. The zero-order valence-electron chi connectivity index (χ0n) is 10.2. The molecular formula is C15H13BrClF. The van der Waals surface area contributed by atoms with E-state index in [1.165, 1.54) is 17.7 Å². The predicted molar refractivity (Wildman–Crippen MR) is 77.7 cm³/mol. The lowest BCUT2D eigenvalue weighted by atomic mass is 9.98. The summed E-state index contributed by atoms with van der Waals surface area (Å²) >= 11 is 9.88. The quantitative estimate of drug-likeness (QED) is 0.636. The molecular weight excluding hydrogens is 315 g/mol. The van der Waals surface area contributed by atoms with Crippen molar-refractivity contribution < 1.29 is 4.39 Å². The number of benzene rings is 2. The van der Waals surface area contributed by atoms with Crippen LogP contribution in [0.5, 0.6) is 0 Å². The van der Waals surface area contributed by atoms with Crippen molar-refractivity contribution in [3.63, 3.8) is 0 Å².